The summed E-state index contributed by atoms with van der Waals surface area (Å²) in [6.45, 7) is 0.0240. The monoisotopic (exact) mass is 297 g/mol. The van der Waals surface area contributed by atoms with Crippen LogP contribution in [0.1, 0.15) is 19.3 Å². The van der Waals surface area contributed by atoms with Crippen LogP contribution in [0.4, 0.5) is 9.59 Å². The van der Waals surface area contributed by atoms with Crippen LogP contribution in [0.25, 0.3) is 0 Å². The van der Waals surface area contributed by atoms with Gasteiger partial charge in [-0.3, -0.25) is 4.79 Å². The maximum Gasteiger partial charge on any atom is 0.539 e. The lowest BCUT2D eigenvalue weighted by molar-refractivity contribution is -0.137. The number of carbonyl (C=O) groups excluding carboxylic acids is 2. The van der Waals surface area contributed by atoms with Crippen LogP contribution < -0.4 is 10.2 Å². The highest BCUT2D eigenvalue weighted by Crippen LogP contribution is 2.08. The molecule has 0 fully saturated rings. The quantitative estimate of drug-likeness (QED) is 0.358. The number of para-hydroxylation sites is 1. The van der Waals surface area contributed by atoms with Gasteiger partial charge in [-0.1, -0.05) is 18.2 Å². The van der Waals surface area contributed by atoms with Crippen LogP contribution in [0.5, 0.6) is 5.75 Å². The van der Waals surface area contributed by atoms with Crippen LogP contribution in [0.15, 0.2) is 30.3 Å². The number of amides is 1. The molecular weight excluding hydrogens is 282 g/mol. The van der Waals surface area contributed by atoms with E-state index in [9.17, 15) is 14.4 Å². The van der Waals surface area contributed by atoms with Crippen molar-refractivity contribution in [2.45, 2.75) is 19.3 Å². The second-order valence-electron chi connectivity index (χ2n) is 3.86. The first-order valence-electron chi connectivity index (χ1n) is 6.16. The predicted octanol–water partition coefficient (Wildman–Crippen LogP) is 2.10. The van der Waals surface area contributed by atoms with Gasteiger partial charge in [0.15, 0.2) is 0 Å². The van der Waals surface area contributed by atoms with Crippen molar-refractivity contribution in [3.8, 4) is 5.75 Å². The van der Waals surface area contributed by atoms with E-state index in [1.807, 2.05) is 0 Å². The Labute approximate surface area is 120 Å². The lowest BCUT2D eigenvalue weighted by Crippen LogP contribution is -2.29. The molecule has 2 N–H and O–H groups in total. The Bertz CT molecular complexity index is 475. The first-order valence-corrected chi connectivity index (χ1v) is 6.16. The Hall–Kier alpha value is -2.77. The molecule has 0 aliphatic heterocycles. The van der Waals surface area contributed by atoms with Crippen molar-refractivity contribution >= 4 is 18.2 Å². The second kappa shape index (κ2) is 9.18. The van der Waals surface area contributed by atoms with E-state index in [4.69, 9.17) is 9.84 Å². The zero-order valence-corrected chi connectivity index (χ0v) is 11.1. The second-order valence-corrected chi connectivity index (χ2v) is 3.86. The van der Waals surface area contributed by atoms with Gasteiger partial charge >= 0.3 is 18.2 Å². The zero-order valence-electron chi connectivity index (χ0n) is 11.1. The van der Waals surface area contributed by atoms with E-state index in [2.05, 4.69) is 9.57 Å². The fourth-order valence-electron chi connectivity index (χ4n) is 1.26. The summed E-state index contributed by atoms with van der Waals surface area (Å²) in [5.74, 6) is -0.641. The van der Waals surface area contributed by atoms with Crippen molar-refractivity contribution < 1.29 is 33.8 Å². The van der Waals surface area contributed by atoms with Gasteiger partial charge < -0.3 is 19.4 Å². The summed E-state index contributed by atoms with van der Waals surface area (Å²) in [6.07, 6.45) is -1.28. The van der Waals surface area contributed by atoms with Crippen molar-refractivity contribution in [2.75, 3.05) is 6.61 Å². The van der Waals surface area contributed by atoms with Crippen LogP contribution in [-0.2, 0) is 14.4 Å². The molecule has 8 heteroatoms. The fraction of sp³-hybridized carbons (Fsp3) is 0.308. The molecular formula is C13H15NO7. The van der Waals surface area contributed by atoms with Crippen LogP contribution in [0.3, 0.4) is 0 Å². The Morgan fingerprint density at radius 3 is 2.48 bits per heavy atom. The fourth-order valence-corrected chi connectivity index (χ4v) is 1.26. The van der Waals surface area contributed by atoms with E-state index in [0.29, 0.717) is 12.8 Å². The van der Waals surface area contributed by atoms with Crippen LogP contribution in [-0.4, -0.2) is 29.9 Å². The van der Waals surface area contributed by atoms with Gasteiger partial charge in [0.1, 0.15) is 5.75 Å². The van der Waals surface area contributed by atoms with Crippen LogP contribution in [0, 0.1) is 0 Å². The Kier molecular flexibility index (Phi) is 7.12. The highest BCUT2D eigenvalue weighted by molar-refractivity contribution is 5.70. The summed E-state index contributed by atoms with van der Waals surface area (Å²) in [6, 6.07) is 8.17. The summed E-state index contributed by atoms with van der Waals surface area (Å²) in [5.41, 5.74) is 1.75. The van der Waals surface area contributed by atoms with Gasteiger partial charge in [0, 0.05) is 6.42 Å². The first-order chi connectivity index (χ1) is 10.1. The summed E-state index contributed by atoms with van der Waals surface area (Å²) >= 11 is 0. The minimum atomic E-state index is -1.11. The van der Waals surface area contributed by atoms with Gasteiger partial charge in [0.2, 0.25) is 0 Å². The molecule has 0 unspecified atom stereocenters. The smallest absolute Gasteiger partial charge is 0.481 e. The van der Waals surface area contributed by atoms with E-state index in [-0.39, 0.29) is 18.8 Å². The molecule has 0 aliphatic rings. The molecule has 1 aromatic carbocycles. The average molecular weight is 297 g/mol. The number of unbranched alkanes of at least 4 members (excludes halogenated alkanes) is 1. The van der Waals surface area contributed by atoms with Crippen molar-refractivity contribution in [1.82, 2.24) is 5.48 Å². The Balaban J connectivity index is 2.09. The highest BCUT2D eigenvalue weighted by atomic mass is 16.8. The number of nitrogens with one attached hydrogen (secondary N) is 1. The lowest BCUT2D eigenvalue weighted by Gasteiger charge is -2.07. The minimum Gasteiger partial charge on any atom is -0.481 e. The van der Waals surface area contributed by atoms with E-state index in [1.54, 1.807) is 35.8 Å². The maximum atomic E-state index is 11.2. The molecule has 0 atom stereocenters. The van der Waals surface area contributed by atoms with E-state index in [1.165, 1.54) is 0 Å². The third-order valence-corrected chi connectivity index (χ3v) is 2.18. The standard InChI is InChI=1S/C13H15NO7/c15-11(16)8-4-5-9-19-12(17)14-21-13(18)20-10-6-2-1-3-7-10/h1-3,6-7H,4-5,8-9H2,(H,14,17)(H,15,16). The van der Waals surface area contributed by atoms with Crippen molar-refractivity contribution in [2.24, 2.45) is 0 Å². The molecule has 21 heavy (non-hydrogen) atoms. The molecule has 0 saturated carbocycles. The summed E-state index contributed by atoms with van der Waals surface area (Å²) in [5, 5.41) is 8.40. The molecule has 0 spiro atoms. The molecule has 1 amide bonds. The van der Waals surface area contributed by atoms with Gasteiger partial charge in [-0.2, -0.15) is 0 Å². The number of hydrogen-bond donors (Lipinski definition) is 2. The van der Waals surface area contributed by atoms with Gasteiger partial charge in [0.25, 0.3) is 0 Å². The van der Waals surface area contributed by atoms with Crippen molar-refractivity contribution in [3.63, 3.8) is 0 Å². The van der Waals surface area contributed by atoms with Gasteiger partial charge in [-0.25, -0.2) is 9.59 Å². The molecule has 0 bridgehead atoms. The van der Waals surface area contributed by atoms with Gasteiger partial charge in [0.05, 0.1) is 6.61 Å². The number of aliphatic carboxylic acids is 1. The number of benzene rings is 1. The van der Waals surface area contributed by atoms with Gasteiger partial charge in [-0.15, -0.1) is 5.48 Å². The van der Waals surface area contributed by atoms with E-state index in [0.717, 1.165) is 0 Å². The molecule has 0 aliphatic carbocycles. The Morgan fingerprint density at radius 2 is 1.81 bits per heavy atom. The zero-order chi connectivity index (χ0) is 15.5. The SMILES string of the molecule is O=C(O)CCCCOC(=O)NOC(=O)Oc1ccccc1. The molecule has 1 aromatic rings. The lowest BCUT2D eigenvalue weighted by atomic mass is 10.2. The Morgan fingerprint density at radius 1 is 1.10 bits per heavy atom. The van der Waals surface area contributed by atoms with Crippen molar-refractivity contribution in [1.29, 1.82) is 0 Å². The molecule has 1 rings (SSSR count). The number of ether oxygens (including phenoxy) is 2. The highest BCUT2D eigenvalue weighted by Gasteiger charge is 2.09. The third kappa shape index (κ3) is 8.09. The molecule has 0 aromatic heterocycles. The van der Waals surface area contributed by atoms with Crippen molar-refractivity contribution in [3.05, 3.63) is 30.3 Å². The summed E-state index contributed by atoms with van der Waals surface area (Å²) in [7, 11) is 0. The number of hydrogen-bond acceptors (Lipinski definition) is 6. The number of carboxylic acid groups (broad SMARTS) is 1. The first kappa shape index (κ1) is 16.3. The predicted molar refractivity (Wildman–Crippen MR) is 69.5 cm³/mol. The third-order valence-electron chi connectivity index (χ3n) is 2.18. The number of carboxylic acids is 1. The molecule has 0 radical (unpaired) electrons. The number of rotatable bonds is 6. The maximum absolute atomic E-state index is 11.2. The normalized spacial score (nSPS) is 9.52. The summed E-state index contributed by atoms with van der Waals surface area (Å²) in [4.78, 5) is 36.9. The topological polar surface area (TPSA) is 111 Å². The van der Waals surface area contributed by atoms with Crippen LogP contribution >= 0.6 is 0 Å². The largest absolute Gasteiger partial charge is 0.539 e. The summed E-state index contributed by atoms with van der Waals surface area (Å²) < 4.78 is 9.39. The molecule has 8 nitrogen and oxygen atoms in total. The minimum absolute atomic E-state index is 0.00484. The average Bonchev–Trinajstić information content (AvgIpc) is 2.45. The molecule has 0 heterocycles. The number of carbonyl (C=O) groups is 3. The van der Waals surface area contributed by atoms with Gasteiger partial charge in [-0.05, 0) is 25.0 Å². The molecule has 114 valence electrons. The number of hydroxylamine groups is 1. The molecule has 0 saturated heterocycles. The van der Waals surface area contributed by atoms with Crippen LogP contribution in [0.2, 0.25) is 0 Å². The van der Waals surface area contributed by atoms with E-state index >= 15 is 0 Å². The van der Waals surface area contributed by atoms with E-state index < -0.39 is 18.2 Å².